The highest BCUT2D eigenvalue weighted by molar-refractivity contribution is 7.87. The summed E-state index contributed by atoms with van der Waals surface area (Å²) in [6.07, 6.45) is 5.68. The third-order valence-electron chi connectivity index (χ3n) is 3.66. The van der Waals surface area contributed by atoms with Gasteiger partial charge in [-0.05, 0) is 31.9 Å². The van der Waals surface area contributed by atoms with Gasteiger partial charge in [-0.1, -0.05) is 0 Å². The fourth-order valence-electron chi connectivity index (χ4n) is 2.08. The smallest absolute Gasteiger partial charge is 0.279 e. The van der Waals surface area contributed by atoms with Gasteiger partial charge in [0, 0.05) is 51.5 Å². The van der Waals surface area contributed by atoms with Crippen LogP contribution in [0.3, 0.4) is 0 Å². The predicted octanol–water partition coefficient (Wildman–Crippen LogP) is -0.129. The van der Waals surface area contributed by atoms with E-state index in [0.29, 0.717) is 25.6 Å². The number of rotatable bonds is 10. The zero-order valence-corrected chi connectivity index (χ0v) is 13.6. The zero-order valence-electron chi connectivity index (χ0n) is 12.7. The lowest BCUT2D eigenvalue weighted by Crippen LogP contribution is -2.40. The molecule has 0 aliphatic heterocycles. The van der Waals surface area contributed by atoms with Crippen LogP contribution in [0.4, 0.5) is 0 Å². The van der Waals surface area contributed by atoms with Gasteiger partial charge in [0.15, 0.2) is 0 Å². The van der Waals surface area contributed by atoms with Gasteiger partial charge in [0.25, 0.3) is 10.2 Å². The molecule has 1 aromatic heterocycles. The third kappa shape index (κ3) is 5.39. The van der Waals surface area contributed by atoms with Crippen molar-refractivity contribution in [1.82, 2.24) is 24.1 Å². The summed E-state index contributed by atoms with van der Waals surface area (Å²) in [4.78, 5) is 0. The Morgan fingerprint density at radius 3 is 2.81 bits per heavy atom. The minimum Gasteiger partial charge on any atom is -0.314 e. The molecule has 0 atom stereocenters. The first kappa shape index (κ1) is 16.4. The van der Waals surface area contributed by atoms with Crippen LogP contribution in [0.1, 0.15) is 25.0 Å². The van der Waals surface area contributed by atoms with Crippen molar-refractivity contribution in [1.29, 1.82) is 0 Å². The Balaban J connectivity index is 1.65. The molecule has 2 rings (SSSR count). The average Bonchev–Trinajstić information content (AvgIpc) is 3.17. The lowest BCUT2D eigenvalue weighted by atomic mass is 10.3. The van der Waals surface area contributed by atoms with Crippen LogP contribution < -0.4 is 10.0 Å². The molecule has 0 unspecified atom stereocenters. The van der Waals surface area contributed by atoms with Crippen LogP contribution in [0.25, 0.3) is 0 Å². The summed E-state index contributed by atoms with van der Waals surface area (Å²) in [5.74, 6) is 0. The molecule has 0 amide bonds. The summed E-state index contributed by atoms with van der Waals surface area (Å²) in [7, 11) is 0.0791. The molecule has 1 aliphatic carbocycles. The van der Waals surface area contributed by atoms with Crippen LogP contribution >= 0.6 is 0 Å². The van der Waals surface area contributed by atoms with E-state index in [1.165, 1.54) is 17.1 Å². The van der Waals surface area contributed by atoms with Gasteiger partial charge < -0.3 is 5.32 Å². The van der Waals surface area contributed by atoms with Crippen molar-refractivity contribution in [3.8, 4) is 0 Å². The zero-order chi connectivity index (χ0) is 15.3. The van der Waals surface area contributed by atoms with Crippen LogP contribution in [-0.4, -0.2) is 55.2 Å². The summed E-state index contributed by atoms with van der Waals surface area (Å²) < 4.78 is 29.9. The lowest BCUT2D eigenvalue weighted by Gasteiger charge is -2.17. The molecule has 1 saturated carbocycles. The van der Waals surface area contributed by atoms with Crippen LogP contribution in [0, 0.1) is 0 Å². The topological polar surface area (TPSA) is 79.3 Å². The van der Waals surface area contributed by atoms with Gasteiger partial charge in [0.05, 0.1) is 0 Å². The maximum Gasteiger partial charge on any atom is 0.279 e. The molecule has 0 spiro atoms. The molecule has 7 nitrogen and oxygen atoms in total. The van der Waals surface area contributed by atoms with Crippen molar-refractivity contribution in [2.75, 3.05) is 26.7 Å². The monoisotopic (exact) mass is 315 g/mol. The standard InChI is InChI=1S/C13H25N5O2S/c1-17(11-3-8-14-12-4-5-12)21(19,20)16-10-7-13-6-9-15-18(13)2/h6,9,12,14,16H,3-5,7-8,10-11H2,1-2H3. The Bertz CT molecular complexity index is 539. The van der Waals surface area contributed by atoms with E-state index < -0.39 is 10.2 Å². The van der Waals surface area contributed by atoms with Crippen LogP contribution in [0.2, 0.25) is 0 Å². The Kier molecular flexibility index (Phi) is 5.74. The predicted molar refractivity (Wildman–Crippen MR) is 82.1 cm³/mol. The Hall–Kier alpha value is -0.960. The molecule has 2 N–H and O–H groups in total. The van der Waals surface area contributed by atoms with Crippen molar-refractivity contribution < 1.29 is 8.42 Å². The number of hydrogen-bond donors (Lipinski definition) is 2. The fraction of sp³-hybridized carbons (Fsp3) is 0.769. The van der Waals surface area contributed by atoms with Gasteiger partial charge in [-0.25, -0.2) is 4.72 Å². The molecular weight excluding hydrogens is 290 g/mol. The fourth-order valence-corrected chi connectivity index (χ4v) is 3.03. The van der Waals surface area contributed by atoms with Gasteiger partial charge >= 0.3 is 0 Å². The van der Waals surface area contributed by atoms with Crippen LogP contribution in [0.15, 0.2) is 12.3 Å². The van der Waals surface area contributed by atoms with Gasteiger partial charge in [0.2, 0.25) is 0 Å². The molecule has 1 aliphatic rings. The molecule has 8 heteroatoms. The highest BCUT2D eigenvalue weighted by atomic mass is 32.2. The molecule has 1 heterocycles. The van der Waals surface area contributed by atoms with E-state index in [9.17, 15) is 8.42 Å². The number of nitrogens with one attached hydrogen (secondary N) is 2. The van der Waals surface area contributed by atoms with Gasteiger partial charge in [0.1, 0.15) is 0 Å². The summed E-state index contributed by atoms with van der Waals surface area (Å²) in [5, 5.41) is 7.44. The summed E-state index contributed by atoms with van der Waals surface area (Å²) >= 11 is 0. The van der Waals surface area contributed by atoms with E-state index in [2.05, 4.69) is 15.1 Å². The highest BCUT2D eigenvalue weighted by Gasteiger charge is 2.20. The SMILES string of the molecule is CN(CCCNC1CC1)S(=O)(=O)NCCc1ccnn1C. The normalized spacial score (nSPS) is 15.8. The number of aryl methyl sites for hydroxylation is 1. The second-order valence-corrected chi connectivity index (χ2v) is 7.36. The van der Waals surface area contributed by atoms with Gasteiger partial charge in [-0.15, -0.1) is 0 Å². The number of aromatic nitrogens is 2. The Labute approximate surface area is 126 Å². The second kappa shape index (κ2) is 7.35. The molecule has 120 valence electrons. The van der Waals surface area contributed by atoms with E-state index in [0.717, 1.165) is 18.7 Å². The maximum atomic E-state index is 12.1. The molecule has 0 bridgehead atoms. The van der Waals surface area contributed by atoms with E-state index in [1.807, 2.05) is 13.1 Å². The third-order valence-corrected chi connectivity index (χ3v) is 5.23. The maximum absolute atomic E-state index is 12.1. The molecular formula is C13H25N5O2S. The van der Waals surface area contributed by atoms with Crippen molar-refractivity contribution >= 4 is 10.2 Å². The molecule has 0 radical (unpaired) electrons. The van der Waals surface area contributed by atoms with E-state index in [-0.39, 0.29) is 0 Å². The van der Waals surface area contributed by atoms with Crippen molar-refractivity contribution in [2.24, 2.45) is 7.05 Å². The summed E-state index contributed by atoms with van der Waals surface area (Å²) in [6, 6.07) is 2.56. The Morgan fingerprint density at radius 2 is 2.19 bits per heavy atom. The van der Waals surface area contributed by atoms with Crippen molar-refractivity contribution in [3.63, 3.8) is 0 Å². The van der Waals surface area contributed by atoms with Gasteiger partial charge in [-0.2, -0.15) is 17.8 Å². The first-order valence-electron chi connectivity index (χ1n) is 7.40. The summed E-state index contributed by atoms with van der Waals surface area (Å²) in [6.45, 7) is 1.78. The van der Waals surface area contributed by atoms with Crippen LogP contribution in [-0.2, 0) is 23.7 Å². The van der Waals surface area contributed by atoms with Gasteiger partial charge in [-0.3, -0.25) is 4.68 Å². The molecule has 0 aromatic carbocycles. The van der Waals surface area contributed by atoms with Crippen molar-refractivity contribution in [3.05, 3.63) is 18.0 Å². The first-order valence-corrected chi connectivity index (χ1v) is 8.84. The van der Waals surface area contributed by atoms with Crippen LogP contribution in [0.5, 0.6) is 0 Å². The molecule has 0 saturated heterocycles. The van der Waals surface area contributed by atoms with Crippen molar-refractivity contribution in [2.45, 2.75) is 31.7 Å². The highest BCUT2D eigenvalue weighted by Crippen LogP contribution is 2.18. The Morgan fingerprint density at radius 1 is 1.43 bits per heavy atom. The lowest BCUT2D eigenvalue weighted by molar-refractivity contribution is 0.444. The van der Waals surface area contributed by atoms with E-state index in [1.54, 1.807) is 17.9 Å². The largest absolute Gasteiger partial charge is 0.314 e. The number of nitrogens with zero attached hydrogens (tertiary/aromatic N) is 3. The number of hydrogen-bond acceptors (Lipinski definition) is 4. The molecule has 1 fully saturated rings. The second-order valence-electron chi connectivity index (χ2n) is 5.50. The quantitative estimate of drug-likeness (QED) is 0.590. The minimum absolute atomic E-state index is 0.381. The minimum atomic E-state index is -3.39. The average molecular weight is 315 g/mol. The molecule has 1 aromatic rings. The van der Waals surface area contributed by atoms with E-state index in [4.69, 9.17) is 0 Å². The first-order chi connectivity index (χ1) is 9.99. The van der Waals surface area contributed by atoms with E-state index >= 15 is 0 Å². The molecule has 21 heavy (non-hydrogen) atoms. The summed E-state index contributed by atoms with van der Waals surface area (Å²) in [5.41, 5.74) is 1.01.